The van der Waals surface area contributed by atoms with Crippen molar-refractivity contribution in [3.05, 3.63) is 65.5 Å². The zero-order valence-electron chi connectivity index (χ0n) is 10.9. The molecule has 19 heavy (non-hydrogen) atoms. The second-order valence-electron chi connectivity index (χ2n) is 5.01. The highest BCUT2D eigenvalue weighted by Crippen LogP contribution is 2.44. The highest BCUT2D eigenvalue weighted by Gasteiger charge is 2.46. The van der Waals surface area contributed by atoms with Gasteiger partial charge < -0.3 is 4.90 Å². The quantitative estimate of drug-likeness (QED) is 0.766. The Hall–Kier alpha value is -2.16. The van der Waals surface area contributed by atoms with Gasteiger partial charge in [-0.05, 0) is 36.2 Å². The maximum atomic E-state index is 13.1. The van der Waals surface area contributed by atoms with Crippen LogP contribution in [0.3, 0.4) is 0 Å². The average Bonchev–Trinajstić information content (AvgIpc) is 2.63. The van der Waals surface area contributed by atoms with Gasteiger partial charge >= 0.3 is 0 Å². The van der Waals surface area contributed by atoms with Crippen LogP contribution in [-0.2, 0) is 10.2 Å². The summed E-state index contributed by atoms with van der Waals surface area (Å²) in [6.45, 7) is 1.89. The van der Waals surface area contributed by atoms with E-state index in [1.165, 1.54) is 12.1 Å². The molecular weight excluding hydrogens is 241 g/mol. The lowest BCUT2D eigenvalue weighted by Gasteiger charge is -2.23. The standard InChI is InChI=1S/C16H14FNO/c1-16(11-7-9-12(17)10-8-11)13-5-3-4-6-14(13)18(2)15(16)19/h3-10H,1-2H3/t16-/m0/s1. The fourth-order valence-corrected chi connectivity index (χ4v) is 2.81. The van der Waals surface area contributed by atoms with Crippen LogP contribution >= 0.6 is 0 Å². The van der Waals surface area contributed by atoms with E-state index in [-0.39, 0.29) is 11.7 Å². The lowest BCUT2D eigenvalue weighted by Crippen LogP contribution is -2.37. The van der Waals surface area contributed by atoms with Gasteiger partial charge in [-0.15, -0.1) is 0 Å². The van der Waals surface area contributed by atoms with Gasteiger partial charge in [0.1, 0.15) is 5.82 Å². The van der Waals surface area contributed by atoms with Crippen molar-refractivity contribution in [2.24, 2.45) is 0 Å². The number of amides is 1. The number of nitrogens with zero attached hydrogens (tertiary/aromatic N) is 1. The molecule has 0 saturated heterocycles. The summed E-state index contributed by atoms with van der Waals surface area (Å²) in [5, 5.41) is 0. The molecule has 0 bridgehead atoms. The SMILES string of the molecule is CN1C(=O)[C@@](C)(c2ccc(F)cc2)c2ccccc21. The number of rotatable bonds is 1. The Morgan fingerprint density at radius 3 is 2.37 bits per heavy atom. The minimum absolute atomic E-state index is 0.0142. The van der Waals surface area contributed by atoms with Crippen molar-refractivity contribution in [2.75, 3.05) is 11.9 Å². The minimum Gasteiger partial charge on any atom is -0.314 e. The maximum Gasteiger partial charge on any atom is 0.241 e. The molecule has 3 rings (SSSR count). The fourth-order valence-electron chi connectivity index (χ4n) is 2.81. The summed E-state index contributed by atoms with van der Waals surface area (Å²) in [7, 11) is 1.77. The Bertz CT molecular complexity index is 650. The molecule has 3 heteroatoms. The number of para-hydroxylation sites is 1. The molecule has 0 unspecified atom stereocenters. The number of carbonyl (C=O) groups excluding carboxylic acids is 1. The van der Waals surface area contributed by atoms with E-state index in [0.717, 1.165) is 16.8 Å². The van der Waals surface area contributed by atoms with E-state index in [1.54, 1.807) is 24.1 Å². The van der Waals surface area contributed by atoms with Crippen molar-refractivity contribution in [3.8, 4) is 0 Å². The van der Waals surface area contributed by atoms with Crippen molar-refractivity contribution in [1.29, 1.82) is 0 Å². The summed E-state index contributed by atoms with van der Waals surface area (Å²) >= 11 is 0. The predicted octanol–water partition coefficient (Wildman–Crippen LogP) is 3.11. The van der Waals surface area contributed by atoms with Gasteiger partial charge in [-0.3, -0.25) is 4.79 Å². The fraction of sp³-hybridized carbons (Fsp3) is 0.188. The number of carbonyl (C=O) groups is 1. The van der Waals surface area contributed by atoms with Gasteiger partial charge in [-0.25, -0.2) is 4.39 Å². The van der Waals surface area contributed by atoms with Crippen LogP contribution in [-0.4, -0.2) is 13.0 Å². The monoisotopic (exact) mass is 255 g/mol. The van der Waals surface area contributed by atoms with Crippen molar-refractivity contribution >= 4 is 11.6 Å². The number of likely N-dealkylation sites (N-methyl/N-ethyl adjacent to an activating group) is 1. The minimum atomic E-state index is -0.737. The Morgan fingerprint density at radius 2 is 1.68 bits per heavy atom. The molecular formula is C16H14FNO. The summed E-state index contributed by atoms with van der Waals surface area (Å²) < 4.78 is 13.1. The normalized spacial score (nSPS) is 21.6. The molecule has 1 heterocycles. The van der Waals surface area contributed by atoms with Crippen LogP contribution in [0.25, 0.3) is 0 Å². The molecule has 2 aromatic carbocycles. The van der Waals surface area contributed by atoms with Gasteiger partial charge in [-0.2, -0.15) is 0 Å². The molecule has 0 saturated carbocycles. The Labute approximate surface area is 111 Å². The smallest absolute Gasteiger partial charge is 0.241 e. The lowest BCUT2D eigenvalue weighted by molar-refractivity contribution is -0.121. The molecule has 1 aliphatic rings. The lowest BCUT2D eigenvalue weighted by atomic mass is 9.77. The largest absolute Gasteiger partial charge is 0.314 e. The van der Waals surface area contributed by atoms with Crippen LogP contribution in [0, 0.1) is 5.82 Å². The average molecular weight is 255 g/mol. The number of fused-ring (bicyclic) bond motifs is 1. The van der Waals surface area contributed by atoms with Gasteiger partial charge in [-0.1, -0.05) is 30.3 Å². The molecule has 0 aromatic heterocycles. The van der Waals surface area contributed by atoms with Gasteiger partial charge in [0, 0.05) is 12.7 Å². The predicted molar refractivity (Wildman–Crippen MR) is 72.7 cm³/mol. The molecule has 0 fully saturated rings. The van der Waals surface area contributed by atoms with Crippen LogP contribution in [0.15, 0.2) is 48.5 Å². The maximum absolute atomic E-state index is 13.1. The van der Waals surface area contributed by atoms with Gasteiger partial charge in [0.15, 0.2) is 0 Å². The van der Waals surface area contributed by atoms with Crippen LogP contribution in [0.4, 0.5) is 10.1 Å². The molecule has 2 nitrogen and oxygen atoms in total. The third-order valence-electron chi connectivity index (χ3n) is 3.96. The number of hydrogen-bond donors (Lipinski definition) is 0. The van der Waals surface area contributed by atoms with E-state index in [4.69, 9.17) is 0 Å². The van der Waals surface area contributed by atoms with E-state index >= 15 is 0 Å². The molecule has 1 atom stereocenters. The number of anilines is 1. The van der Waals surface area contributed by atoms with E-state index in [0.29, 0.717) is 0 Å². The van der Waals surface area contributed by atoms with Crippen LogP contribution in [0.5, 0.6) is 0 Å². The van der Waals surface area contributed by atoms with Crippen LogP contribution in [0.2, 0.25) is 0 Å². The Morgan fingerprint density at radius 1 is 1.05 bits per heavy atom. The van der Waals surface area contributed by atoms with Crippen LogP contribution < -0.4 is 4.90 Å². The zero-order chi connectivity index (χ0) is 13.6. The van der Waals surface area contributed by atoms with E-state index in [2.05, 4.69) is 0 Å². The topological polar surface area (TPSA) is 20.3 Å². The highest BCUT2D eigenvalue weighted by molar-refractivity contribution is 6.09. The number of halogens is 1. The first-order valence-electron chi connectivity index (χ1n) is 6.19. The van der Waals surface area contributed by atoms with Crippen molar-refractivity contribution in [3.63, 3.8) is 0 Å². The number of benzene rings is 2. The summed E-state index contributed by atoms with van der Waals surface area (Å²) in [6, 6.07) is 13.9. The molecule has 0 spiro atoms. The Kier molecular flexibility index (Phi) is 2.45. The van der Waals surface area contributed by atoms with Gasteiger partial charge in [0.2, 0.25) is 5.91 Å². The van der Waals surface area contributed by atoms with Gasteiger partial charge in [0.05, 0.1) is 5.41 Å². The first-order chi connectivity index (χ1) is 9.05. The van der Waals surface area contributed by atoms with Crippen LogP contribution in [0.1, 0.15) is 18.1 Å². The summed E-state index contributed by atoms with van der Waals surface area (Å²) in [5.41, 5.74) is 1.96. The van der Waals surface area contributed by atoms with E-state index in [1.807, 2.05) is 31.2 Å². The second kappa shape index (κ2) is 3.92. The summed E-state index contributed by atoms with van der Waals surface area (Å²) in [5.74, 6) is -0.278. The number of hydrogen-bond acceptors (Lipinski definition) is 1. The first kappa shape index (κ1) is 11.9. The third-order valence-corrected chi connectivity index (χ3v) is 3.96. The summed E-state index contributed by atoms with van der Waals surface area (Å²) in [6.07, 6.45) is 0. The molecule has 96 valence electrons. The second-order valence-corrected chi connectivity index (χ2v) is 5.01. The molecule has 1 amide bonds. The van der Waals surface area contributed by atoms with E-state index < -0.39 is 5.41 Å². The first-order valence-corrected chi connectivity index (χ1v) is 6.19. The van der Waals surface area contributed by atoms with E-state index in [9.17, 15) is 9.18 Å². The molecule has 0 aliphatic carbocycles. The highest BCUT2D eigenvalue weighted by atomic mass is 19.1. The molecule has 0 radical (unpaired) electrons. The zero-order valence-corrected chi connectivity index (χ0v) is 10.9. The van der Waals surface area contributed by atoms with Crippen molar-refractivity contribution in [1.82, 2.24) is 0 Å². The summed E-state index contributed by atoms with van der Waals surface area (Å²) in [4.78, 5) is 14.3. The molecule has 1 aliphatic heterocycles. The van der Waals surface area contributed by atoms with Crippen molar-refractivity contribution < 1.29 is 9.18 Å². The molecule has 2 aromatic rings. The Balaban J connectivity index is 2.24. The van der Waals surface area contributed by atoms with Gasteiger partial charge in [0.25, 0.3) is 0 Å². The molecule has 0 N–H and O–H groups in total. The van der Waals surface area contributed by atoms with Crippen molar-refractivity contribution in [2.45, 2.75) is 12.3 Å². The third kappa shape index (κ3) is 1.51.